The molecule has 0 radical (unpaired) electrons. The van der Waals surface area contributed by atoms with Gasteiger partial charge < -0.3 is 4.42 Å². The van der Waals surface area contributed by atoms with Gasteiger partial charge in [-0.15, -0.1) is 11.8 Å². The highest BCUT2D eigenvalue weighted by atomic mass is 32.2. The summed E-state index contributed by atoms with van der Waals surface area (Å²) in [5.74, 6) is 1.67. The Bertz CT molecular complexity index is 672. The minimum absolute atomic E-state index is 0.217. The number of sulfonamides is 1. The summed E-state index contributed by atoms with van der Waals surface area (Å²) in [5, 5.41) is 0.217. The van der Waals surface area contributed by atoms with Crippen molar-refractivity contribution in [2.24, 2.45) is 0 Å². The summed E-state index contributed by atoms with van der Waals surface area (Å²) in [7, 11) is -3.45. The second-order valence-corrected chi connectivity index (χ2v) is 8.00. The molecule has 2 aromatic rings. The number of hydrogen-bond donors (Lipinski definition) is 0. The predicted octanol–water partition coefficient (Wildman–Crippen LogP) is 2.54. The third kappa shape index (κ3) is 3.14. The van der Waals surface area contributed by atoms with E-state index < -0.39 is 10.0 Å². The second-order valence-electron chi connectivity index (χ2n) is 4.76. The second kappa shape index (κ2) is 6.21. The van der Waals surface area contributed by atoms with Crippen LogP contribution in [0.4, 0.5) is 0 Å². The number of nitrogens with zero attached hydrogens (tertiary/aromatic N) is 2. The fourth-order valence-electron chi connectivity index (χ4n) is 2.34. The first-order valence-electron chi connectivity index (χ1n) is 6.73. The molecule has 7 heteroatoms. The smallest absolute Gasteiger partial charge is 0.244 e. The van der Waals surface area contributed by atoms with Crippen molar-refractivity contribution in [2.75, 3.05) is 18.8 Å². The molecular formula is C14H16N2O3S2. The zero-order chi connectivity index (χ0) is 14.7. The monoisotopic (exact) mass is 324 g/mol. The standard InChI is InChI=1S/C14H16N2O3S2/c17-21(18,12-3-1-6-15-11-12)16-7-5-14(20-10-8-16)13-4-2-9-19-13/h1-4,6,9,11,14H,5,7-8,10H2/t14-/m0/s1. The molecule has 5 nitrogen and oxygen atoms in total. The van der Waals surface area contributed by atoms with Crippen molar-refractivity contribution in [3.63, 3.8) is 0 Å². The van der Waals surface area contributed by atoms with Crippen molar-refractivity contribution in [2.45, 2.75) is 16.6 Å². The van der Waals surface area contributed by atoms with Gasteiger partial charge in [0.25, 0.3) is 0 Å². The minimum atomic E-state index is -3.45. The SMILES string of the molecule is O=S(=O)(c1cccnc1)N1CCS[C@H](c2ccco2)CC1. The Morgan fingerprint density at radius 2 is 2.19 bits per heavy atom. The van der Waals surface area contributed by atoms with Crippen molar-refractivity contribution in [1.82, 2.24) is 9.29 Å². The van der Waals surface area contributed by atoms with E-state index in [2.05, 4.69) is 4.98 Å². The molecular weight excluding hydrogens is 308 g/mol. The van der Waals surface area contributed by atoms with Gasteiger partial charge in [0.1, 0.15) is 10.7 Å². The summed E-state index contributed by atoms with van der Waals surface area (Å²) < 4.78 is 32.1. The molecule has 1 fully saturated rings. The Morgan fingerprint density at radius 1 is 1.29 bits per heavy atom. The van der Waals surface area contributed by atoms with Gasteiger partial charge in [-0.2, -0.15) is 4.31 Å². The molecule has 0 aliphatic carbocycles. The third-order valence-corrected chi connectivity index (χ3v) is 6.60. The highest BCUT2D eigenvalue weighted by Gasteiger charge is 2.29. The summed E-state index contributed by atoms with van der Waals surface area (Å²) >= 11 is 1.74. The molecule has 0 amide bonds. The first-order chi connectivity index (χ1) is 10.2. The van der Waals surface area contributed by atoms with Crippen LogP contribution in [0.1, 0.15) is 17.4 Å². The van der Waals surface area contributed by atoms with E-state index in [9.17, 15) is 8.42 Å². The van der Waals surface area contributed by atoms with Gasteiger partial charge in [0.05, 0.1) is 11.5 Å². The zero-order valence-electron chi connectivity index (χ0n) is 11.4. The quantitative estimate of drug-likeness (QED) is 0.868. The molecule has 1 atom stereocenters. The fourth-order valence-corrected chi connectivity index (χ4v) is 5.06. The lowest BCUT2D eigenvalue weighted by atomic mass is 10.2. The van der Waals surface area contributed by atoms with Gasteiger partial charge >= 0.3 is 0 Å². The summed E-state index contributed by atoms with van der Waals surface area (Å²) in [6, 6.07) is 7.05. The molecule has 21 heavy (non-hydrogen) atoms. The largest absolute Gasteiger partial charge is 0.468 e. The number of rotatable bonds is 3. The molecule has 0 N–H and O–H groups in total. The van der Waals surface area contributed by atoms with Crippen LogP contribution in [0.25, 0.3) is 0 Å². The van der Waals surface area contributed by atoms with Gasteiger partial charge in [-0.05, 0) is 30.7 Å². The number of furan rings is 1. The van der Waals surface area contributed by atoms with Crippen LogP contribution < -0.4 is 0 Å². The molecule has 0 spiro atoms. The molecule has 1 saturated heterocycles. The minimum Gasteiger partial charge on any atom is -0.468 e. The Kier molecular flexibility index (Phi) is 4.32. The van der Waals surface area contributed by atoms with Crippen molar-refractivity contribution in [3.05, 3.63) is 48.7 Å². The molecule has 0 saturated carbocycles. The van der Waals surface area contributed by atoms with E-state index in [0.29, 0.717) is 13.1 Å². The van der Waals surface area contributed by atoms with Crippen LogP contribution in [0.3, 0.4) is 0 Å². The van der Waals surface area contributed by atoms with Crippen LogP contribution >= 0.6 is 11.8 Å². The maximum Gasteiger partial charge on any atom is 0.244 e. The number of aromatic nitrogens is 1. The van der Waals surface area contributed by atoms with Gasteiger partial charge in [0, 0.05) is 31.2 Å². The molecule has 1 aliphatic heterocycles. The lowest BCUT2D eigenvalue weighted by Gasteiger charge is -2.19. The normalized spacial score (nSPS) is 21.0. The highest BCUT2D eigenvalue weighted by molar-refractivity contribution is 7.99. The molecule has 0 bridgehead atoms. The number of thioether (sulfide) groups is 1. The van der Waals surface area contributed by atoms with E-state index in [0.717, 1.165) is 17.9 Å². The topological polar surface area (TPSA) is 63.4 Å². The van der Waals surface area contributed by atoms with E-state index in [1.54, 1.807) is 40.7 Å². The molecule has 3 heterocycles. The average molecular weight is 324 g/mol. The van der Waals surface area contributed by atoms with E-state index in [4.69, 9.17) is 4.42 Å². The Morgan fingerprint density at radius 3 is 2.90 bits per heavy atom. The molecule has 1 aliphatic rings. The van der Waals surface area contributed by atoms with E-state index in [1.807, 2.05) is 12.1 Å². The summed E-state index contributed by atoms with van der Waals surface area (Å²) in [6.45, 7) is 1.01. The van der Waals surface area contributed by atoms with Gasteiger partial charge in [0.2, 0.25) is 10.0 Å². The van der Waals surface area contributed by atoms with Crippen LogP contribution in [-0.2, 0) is 10.0 Å². The van der Waals surface area contributed by atoms with Gasteiger partial charge in [-0.1, -0.05) is 0 Å². The van der Waals surface area contributed by atoms with E-state index in [-0.39, 0.29) is 10.1 Å². The average Bonchev–Trinajstić information content (AvgIpc) is 2.92. The van der Waals surface area contributed by atoms with Crippen molar-refractivity contribution >= 4 is 21.8 Å². The third-order valence-electron chi connectivity index (χ3n) is 3.43. The molecule has 112 valence electrons. The van der Waals surface area contributed by atoms with Crippen molar-refractivity contribution in [3.8, 4) is 0 Å². The van der Waals surface area contributed by atoms with Crippen LogP contribution in [0.5, 0.6) is 0 Å². The summed E-state index contributed by atoms with van der Waals surface area (Å²) in [4.78, 5) is 4.15. The Labute approximate surface area is 128 Å². The lowest BCUT2D eigenvalue weighted by molar-refractivity contribution is 0.417. The van der Waals surface area contributed by atoms with Crippen LogP contribution in [0.15, 0.2) is 52.2 Å². The van der Waals surface area contributed by atoms with Gasteiger partial charge in [0.15, 0.2) is 0 Å². The molecule has 3 rings (SSSR count). The van der Waals surface area contributed by atoms with Crippen LogP contribution in [-0.4, -0.2) is 36.5 Å². The maximum absolute atomic E-state index is 12.6. The van der Waals surface area contributed by atoms with E-state index >= 15 is 0 Å². The van der Waals surface area contributed by atoms with Gasteiger partial charge in [-0.25, -0.2) is 8.42 Å². The lowest BCUT2D eigenvalue weighted by Crippen LogP contribution is -2.33. The first kappa shape index (κ1) is 14.6. The van der Waals surface area contributed by atoms with Crippen LogP contribution in [0.2, 0.25) is 0 Å². The predicted molar refractivity (Wildman–Crippen MR) is 81.5 cm³/mol. The molecule has 2 aromatic heterocycles. The Balaban J connectivity index is 1.76. The van der Waals surface area contributed by atoms with Gasteiger partial charge in [-0.3, -0.25) is 4.98 Å². The van der Waals surface area contributed by atoms with Crippen molar-refractivity contribution in [1.29, 1.82) is 0 Å². The fraction of sp³-hybridized carbons (Fsp3) is 0.357. The summed E-state index contributed by atoms with van der Waals surface area (Å²) in [5.41, 5.74) is 0. The first-order valence-corrected chi connectivity index (χ1v) is 9.22. The van der Waals surface area contributed by atoms with Crippen LogP contribution in [0, 0.1) is 0 Å². The molecule has 0 aromatic carbocycles. The maximum atomic E-state index is 12.6. The highest BCUT2D eigenvalue weighted by Crippen LogP contribution is 2.35. The number of pyridine rings is 1. The Hall–Kier alpha value is -1.31. The zero-order valence-corrected chi connectivity index (χ0v) is 13.0. The summed E-state index contributed by atoms with van der Waals surface area (Å²) in [6.07, 6.45) is 5.38. The number of hydrogen-bond acceptors (Lipinski definition) is 5. The molecule has 0 unspecified atom stereocenters. The van der Waals surface area contributed by atoms with Crippen molar-refractivity contribution < 1.29 is 12.8 Å². The van der Waals surface area contributed by atoms with E-state index in [1.165, 1.54) is 6.20 Å².